The van der Waals surface area contributed by atoms with E-state index in [2.05, 4.69) is 15.9 Å². The summed E-state index contributed by atoms with van der Waals surface area (Å²) < 4.78 is 11.8. The zero-order valence-electron chi connectivity index (χ0n) is 7.70. The highest BCUT2D eigenvalue weighted by Gasteiger charge is 2.21. The molecule has 0 aliphatic carbocycles. The van der Waals surface area contributed by atoms with Crippen LogP contribution in [0.2, 0.25) is 0 Å². The van der Waals surface area contributed by atoms with Gasteiger partial charge in [0.1, 0.15) is 11.9 Å². The van der Waals surface area contributed by atoms with Gasteiger partial charge in [-0.1, -0.05) is 22.0 Å². The summed E-state index contributed by atoms with van der Waals surface area (Å²) in [4.78, 5) is 0. The molecule has 2 N–H and O–H groups in total. The Morgan fingerprint density at radius 2 is 2.29 bits per heavy atom. The highest BCUT2D eigenvalue weighted by molar-refractivity contribution is 9.10. The van der Waals surface area contributed by atoms with E-state index in [1.54, 1.807) is 0 Å². The van der Waals surface area contributed by atoms with Crippen LogP contribution in [0.15, 0.2) is 22.7 Å². The molecule has 0 amide bonds. The predicted molar refractivity (Wildman–Crippen MR) is 57.3 cm³/mol. The molecule has 3 nitrogen and oxygen atoms in total. The van der Waals surface area contributed by atoms with Crippen LogP contribution in [0.5, 0.6) is 5.75 Å². The number of ether oxygens (including phenoxy) is 2. The molecular formula is C10H12BrNO2. The molecule has 0 aromatic heterocycles. The maximum absolute atomic E-state index is 5.72. The first-order valence-electron chi connectivity index (χ1n) is 4.53. The summed E-state index contributed by atoms with van der Waals surface area (Å²) in [5.41, 5.74) is 6.66. The summed E-state index contributed by atoms with van der Waals surface area (Å²) in [5, 5.41) is 0. The first-order valence-corrected chi connectivity index (χ1v) is 5.32. The molecule has 1 aliphatic rings. The van der Waals surface area contributed by atoms with Crippen LogP contribution in [0.4, 0.5) is 0 Å². The molecule has 1 aromatic carbocycles. The Bertz CT molecular complexity index is 326. The Labute approximate surface area is 91.3 Å². The van der Waals surface area contributed by atoms with Crippen molar-refractivity contribution in [1.82, 2.24) is 0 Å². The third-order valence-corrected chi connectivity index (χ3v) is 2.92. The van der Waals surface area contributed by atoms with Crippen molar-refractivity contribution in [3.05, 3.63) is 28.2 Å². The second-order valence-electron chi connectivity index (χ2n) is 3.20. The van der Waals surface area contributed by atoms with Gasteiger partial charge in [-0.3, -0.25) is 0 Å². The van der Waals surface area contributed by atoms with Gasteiger partial charge in [-0.15, -0.1) is 0 Å². The second-order valence-corrected chi connectivity index (χ2v) is 4.05. The van der Waals surface area contributed by atoms with Crippen LogP contribution in [0, 0.1) is 0 Å². The molecule has 14 heavy (non-hydrogen) atoms. The lowest BCUT2D eigenvalue weighted by Gasteiger charge is -2.27. The molecule has 0 unspecified atom stereocenters. The summed E-state index contributed by atoms with van der Waals surface area (Å²) in [5.74, 6) is 0.857. The largest absolute Gasteiger partial charge is 0.485 e. The van der Waals surface area contributed by atoms with E-state index >= 15 is 0 Å². The zero-order valence-corrected chi connectivity index (χ0v) is 9.29. The molecule has 0 spiro atoms. The van der Waals surface area contributed by atoms with E-state index in [1.165, 1.54) is 0 Å². The smallest absolute Gasteiger partial charge is 0.145 e. The average Bonchev–Trinajstić information content (AvgIpc) is 2.11. The molecule has 1 aliphatic heterocycles. The van der Waals surface area contributed by atoms with Crippen molar-refractivity contribution in [2.24, 2.45) is 5.73 Å². The quantitative estimate of drug-likeness (QED) is 0.897. The monoisotopic (exact) mass is 257 g/mol. The van der Waals surface area contributed by atoms with Crippen molar-refractivity contribution >= 4 is 15.9 Å². The van der Waals surface area contributed by atoms with E-state index in [0.29, 0.717) is 19.8 Å². The normalized spacial score (nSPS) is 16.4. The van der Waals surface area contributed by atoms with Crippen molar-refractivity contribution < 1.29 is 9.47 Å². The van der Waals surface area contributed by atoms with Crippen LogP contribution in [-0.2, 0) is 11.3 Å². The maximum Gasteiger partial charge on any atom is 0.145 e. The van der Waals surface area contributed by atoms with Gasteiger partial charge in [-0.05, 0) is 12.1 Å². The molecule has 76 valence electrons. The van der Waals surface area contributed by atoms with Crippen molar-refractivity contribution in [3.63, 3.8) is 0 Å². The standard InChI is InChI=1S/C10H12BrNO2/c11-9-2-1-3-10(8(9)4-12)14-7-5-13-6-7/h1-3,7H,4-6,12H2. The Hall–Kier alpha value is -0.580. The molecule has 2 rings (SSSR count). The Kier molecular flexibility index (Phi) is 3.05. The van der Waals surface area contributed by atoms with E-state index < -0.39 is 0 Å². The van der Waals surface area contributed by atoms with Gasteiger partial charge >= 0.3 is 0 Å². The second kappa shape index (κ2) is 4.29. The highest BCUT2D eigenvalue weighted by Crippen LogP contribution is 2.27. The van der Waals surface area contributed by atoms with Crippen LogP contribution < -0.4 is 10.5 Å². The summed E-state index contributed by atoms with van der Waals surface area (Å²) in [6.07, 6.45) is 0.189. The Morgan fingerprint density at radius 1 is 1.50 bits per heavy atom. The van der Waals surface area contributed by atoms with Crippen LogP contribution in [0.1, 0.15) is 5.56 Å². The highest BCUT2D eigenvalue weighted by atomic mass is 79.9. The lowest BCUT2D eigenvalue weighted by molar-refractivity contribution is -0.0800. The predicted octanol–water partition coefficient (Wildman–Crippen LogP) is 1.69. The van der Waals surface area contributed by atoms with Crippen molar-refractivity contribution in [3.8, 4) is 5.75 Å². The number of nitrogens with two attached hydrogens (primary N) is 1. The Balaban J connectivity index is 2.17. The molecule has 1 aromatic rings. The van der Waals surface area contributed by atoms with E-state index in [4.69, 9.17) is 15.2 Å². The van der Waals surface area contributed by atoms with Gasteiger partial charge in [0.25, 0.3) is 0 Å². The van der Waals surface area contributed by atoms with Crippen LogP contribution in [0.3, 0.4) is 0 Å². The van der Waals surface area contributed by atoms with E-state index in [-0.39, 0.29) is 6.10 Å². The Morgan fingerprint density at radius 3 is 2.86 bits per heavy atom. The van der Waals surface area contributed by atoms with E-state index in [1.807, 2.05) is 18.2 Å². The van der Waals surface area contributed by atoms with Crippen molar-refractivity contribution in [2.75, 3.05) is 13.2 Å². The third kappa shape index (κ3) is 1.92. The number of benzene rings is 1. The maximum atomic E-state index is 5.72. The van der Waals surface area contributed by atoms with Crippen molar-refractivity contribution in [2.45, 2.75) is 12.6 Å². The van der Waals surface area contributed by atoms with Gasteiger partial charge in [-0.25, -0.2) is 0 Å². The van der Waals surface area contributed by atoms with Crippen LogP contribution in [-0.4, -0.2) is 19.3 Å². The summed E-state index contributed by atoms with van der Waals surface area (Å²) in [7, 11) is 0. The fourth-order valence-corrected chi connectivity index (χ4v) is 1.82. The number of halogens is 1. The molecule has 0 bridgehead atoms. The molecule has 1 heterocycles. The van der Waals surface area contributed by atoms with Crippen LogP contribution in [0.25, 0.3) is 0 Å². The summed E-state index contributed by atoms with van der Waals surface area (Å²) in [6.45, 7) is 1.83. The minimum absolute atomic E-state index is 0.189. The number of hydrogen-bond acceptors (Lipinski definition) is 3. The molecule has 1 saturated heterocycles. The lowest BCUT2D eigenvalue weighted by atomic mass is 10.2. The summed E-state index contributed by atoms with van der Waals surface area (Å²) >= 11 is 3.45. The fourth-order valence-electron chi connectivity index (χ4n) is 1.31. The minimum atomic E-state index is 0.189. The third-order valence-electron chi connectivity index (χ3n) is 2.18. The molecular weight excluding hydrogens is 246 g/mol. The van der Waals surface area contributed by atoms with Gasteiger partial charge in [0.15, 0.2) is 0 Å². The minimum Gasteiger partial charge on any atom is -0.485 e. The van der Waals surface area contributed by atoms with Crippen molar-refractivity contribution in [1.29, 1.82) is 0 Å². The number of rotatable bonds is 3. The topological polar surface area (TPSA) is 44.5 Å². The van der Waals surface area contributed by atoms with Gasteiger partial charge in [0.05, 0.1) is 13.2 Å². The van der Waals surface area contributed by atoms with Gasteiger partial charge < -0.3 is 15.2 Å². The van der Waals surface area contributed by atoms with Gasteiger partial charge in [0.2, 0.25) is 0 Å². The molecule has 0 saturated carbocycles. The molecule has 0 radical (unpaired) electrons. The number of hydrogen-bond donors (Lipinski definition) is 1. The fraction of sp³-hybridized carbons (Fsp3) is 0.400. The van der Waals surface area contributed by atoms with E-state index in [9.17, 15) is 0 Å². The average molecular weight is 258 g/mol. The van der Waals surface area contributed by atoms with E-state index in [0.717, 1.165) is 15.8 Å². The SMILES string of the molecule is NCc1c(Br)cccc1OC1COC1. The van der Waals surface area contributed by atoms with Crippen LogP contribution >= 0.6 is 15.9 Å². The zero-order chi connectivity index (χ0) is 9.97. The lowest BCUT2D eigenvalue weighted by Crippen LogP contribution is -2.38. The molecule has 0 atom stereocenters. The molecule has 1 fully saturated rings. The molecule has 4 heteroatoms. The summed E-state index contributed by atoms with van der Waals surface area (Å²) in [6, 6.07) is 5.84. The first-order chi connectivity index (χ1) is 6.81. The van der Waals surface area contributed by atoms with Gasteiger partial charge in [-0.2, -0.15) is 0 Å². The van der Waals surface area contributed by atoms with Gasteiger partial charge in [0, 0.05) is 16.6 Å². The first kappa shape index (κ1) is 9.96.